The number of piperidine rings is 1. The van der Waals surface area contributed by atoms with E-state index in [0.29, 0.717) is 18.5 Å². The van der Waals surface area contributed by atoms with Gasteiger partial charge in [0.2, 0.25) is 0 Å². The zero-order chi connectivity index (χ0) is 15.0. The fraction of sp³-hybridized carbons (Fsp3) is 0.600. The van der Waals surface area contributed by atoms with Gasteiger partial charge in [-0.05, 0) is 52.7 Å². The molecule has 0 spiro atoms. The third-order valence-corrected chi connectivity index (χ3v) is 3.87. The second kappa shape index (κ2) is 5.14. The molecule has 0 aromatic carbocycles. The maximum absolute atomic E-state index is 12.2. The van der Waals surface area contributed by atoms with E-state index in [9.17, 15) is 10.0 Å². The highest BCUT2D eigenvalue weighted by Gasteiger charge is 2.45. The highest BCUT2D eigenvalue weighted by molar-refractivity contribution is 5.92. The molecule has 0 bridgehead atoms. The zero-order valence-electron chi connectivity index (χ0n) is 12.6. The summed E-state index contributed by atoms with van der Waals surface area (Å²) in [4.78, 5) is 16.2. The molecular formula is C15H23N3O2. The lowest BCUT2D eigenvalue weighted by molar-refractivity contribution is -0.245. The van der Waals surface area contributed by atoms with E-state index >= 15 is 0 Å². The Bertz CT molecular complexity index is 467. The van der Waals surface area contributed by atoms with Crippen LogP contribution in [0, 0.1) is 0 Å². The third kappa shape index (κ3) is 2.99. The van der Waals surface area contributed by atoms with Gasteiger partial charge in [0.15, 0.2) is 0 Å². The van der Waals surface area contributed by atoms with E-state index in [1.165, 1.54) is 5.06 Å². The molecule has 5 nitrogen and oxygen atoms in total. The summed E-state index contributed by atoms with van der Waals surface area (Å²) in [6.07, 6.45) is 3.01. The lowest BCUT2D eigenvalue weighted by atomic mass is 9.79. The Morgan fingerprint density at radius 3 is 2.40 bits per heavy atom. The molecule has 1 aromatic heterocycles. The first-order valence-electron chi connectivity index (χ1n) is 6.93. The first-order valence-corrected chi connectivity index (χ1v) is 6.93. The molecule has 2 rings (SSSR count). The van der Waals surface area contributed by atoms with Crippen molar-refractivity contribution in [2.45, 2.75) is 57.7 Å². The van der Waals surface area contributed by atoms with Crippen LogP contribution >= 0.6 is 0 Å². The molecule has 0 atom stereocenters. The van der Waals surface area contributed by atoms with Crippen molar-refractivity contribution in [3.05, 3.63) is 30.1 Å². The van der Waals surface area contributed by atoms with Crippen molar-refractivity contribution in [1.29, 1.82) is 0 Å². The van der Waals surface area contributed by atoms with Crippen molar-refractivity contribution in [2.75, 3.05) is 0 Å². The Kier molecular flexibility index (Phi) is 3.84. The molecule has 0 aliphatic carbocycles. The largest absolute Gasteiger partial charge is 0.348 e. The molecule has 20 heavy (non-hydrogen) atoms. The van der Waals surface area contributed by atoms with Gasteiger partial charge in [-0.15, -0.1) is 0 Å². The number of carbonyl (C=O) groups excluding carboxylic acids is 1. The molecule has 5 heteroatoms. The van der Waals surface area contributed by atoms with Crippen molar-refractivity contribution < 1.29 is 10.0 Å². The normalized spacial score (nSPS) is 22.4. The van der Waals surface area contributed by atoms with Crippen molar-refractivity contribution in [3.63, 3.8) is 0 Å². The first kappa shape index (κ1) is 14.9. The van der Waals surface area contributed by atoms with Gasteiger partial charge in [-0.1, -0.05) is 6.07 Å². The van der Waals surface area contributed by atoms with Crippen molar-refractivity contribution in [3.8, 4) is 0 Å². The van der Waals surface area contributed by atoms with Gasteiger partial charge >= 0.3 is 0 Å². The molecule has 1 fully saturated rings. The summed E-state index contributed by atoms with van der Waals surface area (Å²) in [5.74, 6) is -0.159. The topological polar surface area (TPSA) is 65.5 Å². The van der Waals surface area contributed by atoms with Gasteiger partial charge in [0, 0.05) is 23.3 Å². The standard InChI is InChI=1S/C15H23N3O2/c1-14(2)9-11(10-15(3,4)18(14)20)17-13(19)12-7-5-6-8-16-12/h5-8,11,20H,9-10H2,1-4H3,(H,17,19). The van der Waals surface area contributed by atoms with Gasteiger partial charge in [-0.25, -0.2) is 0 Å². The van der Waals surface area contributed by atoms with Gasteiger partial charge in [-0.3, -0.25) is 9.78 Å². The zero-order valence-corrected chi connectivity index (χ0v) is 12.6. The number of hydrogen-bond acceptors (Lipinski definition) is 4. The van der Waals surface area contributed by atoms with Crippen LogP contribution in [0.15, 0.2) is 24.4 Å². The van der Waals surface area contributed by atoms with Crippen LogP contribution in [-0.4, -0.2) is 38.3 Å². The lowest BCUT2D eigenvalue weighted by Crippen LogP contribution is -2.62. The van der Waals surface area contributed by atoms with Crippen LogP contribution in [0.1, 0.15) is 51.0 Å². The number of aromatic nitrogens is 1. The molecule has 0 unspecified atom stereocenters. The number of nitrogens with zero attached hydrogens (tertiary/aromatic N) is 2. The Balaban J connectivity index is 2.09. The van der Waals surface area contributed by atoms with E-state index in [2.05, 4.69) is 10.3 Å². The van der Waals surface area contributed by atoms with Crippen LogP contribution in [0.3, 0.4) is 0 Å². The minimum atomic E-state index is -0.371. The van der Waals surface area contributed by atoms with Gasteiger partial charge in [0.25, 0.3) is 5.91 Å². The summed E-state index contributed by atoms with van der Waals surface area (Å²) >= 11 is 0. The molecule has 1 aromatic rings. The van der Waals surface area contributed by atoms with Gasteiger partial charge < -0.3 is 10.5 Å². The molecule has 1 saturated heterocycles. The van der Waals surface area contributed by atoms with Crippen LogP contribution in [0.4, 0.5) is 0 Å². The van der Waals surface area contributed by atoms with E-state index < -0.39 is 0 Å². The van der Waals surface area contributed by atoms with Crippen molar-refractivity contribution in [1.82, 2.24) is 15.4 Å². The number of amides is 1. The minimum Gasteiger partial charge on any atom is -0.348 e. The Morgan fingerprint density at radius 2 is 1.90 bits per heavy atom. The van der Waals surface area contributed by atoms with E-state index in [0.717, 1.165) is 0 Å². The van der Waals surface area contributed by atoms with Crippen LogP contribution in [0.2, 0.25) is 0 Å². The van der Waals surface area contributed by atoms with E-state index in [-0.39, 0.29) is 23.0 Å². The maximum atomic E-state index is 12.2. The van der Waals surface area contributed by atoms with Gasteiger partial charge in [0.1, 0.15) is 5.69 Å². The summed E-state index contributed by atoms with van der Waals surface area (Å²) in [5, 5.41) is 14.7. The molecule has 1 aliphatic rings. The first-order chi connectivity index (χ1) is 9.22. The number of pyridine rings is 1. The molecule has 1 aliphatic heterocycles. The smallest absolute Gasteiger partial charge is 0.270 e. The monoisotopic (exact) mass is 277 g/mol. The minimum absolute atomic E-state index is 0.0258. The molecular weight excluding hydrogens is 254 g/mol. The molecule has 110 valence electrons. The van der Waals surface area contributed by atoms with Crippen LogP contribution < -0.4 is 5.32 Å². The maximum Gasteiger partial charge on any atom is 0.270 e. The van der Waals surface area contributed by atoms with E-state index in [1.807, 2.05) is 27.7 Å². The van der Waals surface area contributed by atoms with Crippen LogP contribution in [0.25, 0.3) is 0 Å². The molecule has 2 N–H and O–H groups in total. The third-order valence-electron chi connectivity index (χ3n) is 3.87. The van der Waals surface area contributed by atoms with Gasteiger partial charge in [0.05, 0.1) is 0 Å². The number of carbonyl (C=O) groups is 1. The Labute approximate surface area is 120 Å². The molecule has 2 heterocycles. The summed E-state index contributed by atoms with van der Waals surface area (Å²) in [7, 11) is 0. The number of rotatable bonds is 2. The SMILES string of the molecule is CC1(C)CC(NC(=O)c2ccccn2)CC(C)(C)N1O. The van der Waals surface area contributed by atoms with Crippen LogP contribution in [0.5, 0.6) is 0 Å². The van der Waals surface area contributed by atoms with Gasteiger partial charge in [-0.2, -0.15) is 5.06 Å². The average molecular weight is 277 g/mol. The summed E-state index contributed by atoms with van der Waals surface area (Å²) in [6.45, 7) is 7.92. The summed E-state index contributed by atoms with van der Waals surface area (Å²) < 4.78 is 0. The Hall–Kier alpha value is -1.46. The van der Waals surface area contributed by atoms with E-state index in [4.69, 9.17) is 0 Å². The second-order valence-electron chi connectivity index (χ2n) is 6.73. The lowest BCUT2D eigenvalue weighted by Gasteiger charge is -2.51. The fourth-order valence-electron chi connectivity index (χ4n) is 3.13. The highest BCUT2D eigenvalue weighted by Crippen LogP contribution is 2.36. The van der Waals surface area contributed by atoms with Crippen molar-refractivity contribution >= 4 is 5.91 Å². The predicted molar refractivity (Wildman–Crippen MR) is 76.5 cm³/mol. The van der Waals surface area contributed by atoms with Crippen LogP contribution in [-0.2, 0) is 0 Å². The van der Waals surface area contributed by atoms with Crippen molar-refractivity contribution in [2.24, 2.45) is 0 Å². The molecule has 1 amide bonds. The van der Waals surface area contributed by atoms with E-state index in [1.54, 1.807) is 24.4 Å². The summed E-state index contributed by atoms with van der Waals surface area (Å²) in [5.41, 5.74) is -0.317. The average Bonchev–Trinajstić information content (AvgIpc) is 2.36. The number of hydroxylamine groups is 2. The predicted octanol–water partition coefficient (Wildman–Crippen LogP) is 2.22. The Morgan fingerprint density at radius 1 is 1.30 bits per heavy atom. The quantitative estimate of drug-likeness (QED) is 0.870. The number of hydrogen-bond donors (Lipinski definition) is 2. The summed E-state index contributed by atoms with van der Waals surface area (Å²) in [6, 6.07) is 5.31. The fourth-order valence-corrected chi connectivity index (χ4v) is 3.13. The second-order valence-corrected chi connectivity index (χ2v) is 6.73. The highest BCUT2D eigenvalue weighted by atomic mass is 16.5. The molecule has 0 saturated carbocycles. The molecule has 0 radical (unpaired) electrons. The number of nitrogens with one attached hydrogen (secondary N) is 1.